The number of rotatable bonds is 6. The van der Waals surface area contributed by atoms with E-state index in [-0.39, 0.29) is 12.0 Å². The fourth-order valence-corrected chi connectivity index (χ4v) is 4.27. The van der Waals surface area contributed by atoms with E-state index in [9.17, 15) is 4.79 Å². The van der Waals surface area contributed by atoms with E-state index in [0.717, 1.165) is 13.0 Å². The van der Waals surface area contributed by atoms with E-state index >= 15 is 0 Å². The van der Waals surface area contributed by atoms with Crippen molar-refractivity contribution in [3.8, 4) is 11.8 Å². The summed E-state index contributed by atoms with van der Waals surface area (Å²) in [7, 11) is 1.55. The summed E-state index contributed by atoms with van der Waals surface area (Å²) in [6.45, 7) is 1.38. The third kappa shape index (κ3) is 4.50. The molecule has 1 saturated heterocycles. The second kappa shape index (κ2) is 7.86. The van der Waals surface area contributed by atoms with Crippen molar-refractivity contribution in [3.63, 3.8) is 0 Å². The first kappa shape index (κ1) is 16.4. The molecule has 0 spiro atoms. The molecular weight excluding hydrogens is 314 g/mol. The van der Waals surface area contributed by atoms with Gasteiger partial charge in [-0.1, -0.05) is 12.8 Å². The Labute approximate surface area is 141 Å². The molecule has 3 rings (SSSR count). The Balaban J connectivity index is 1.44. The van der Waals surface area contributed by atoms with E-state index in [2.05, 4.69) is 9.97 Å². The topological polar surface area (TPSA) is 64.6 Å². The maximum atomic E-state index is 12.3. The molecule has 1 saturated carbocycles. The Morgan fingerprint density at radius 3 is 2.87 bits per heavy atom. The molecular formula is C16H23N3O3S. The number of aromatic nitrogens is 2. The minimum Gasteiger partial charge on any atom is -0.480 e. The smallest absolute Gasteiger partial charge is 0.235 e. The largest absolute Gasteiger partial charge is 0.480 e. The van der Waals surface area contributed by atoms with Crippen LogP contribution in [0.3, 0.4) is 0 Å². The van der Waals surface area contributed by atoms with Gasteiger partial charge in [-0.05, 0) is 12.8 Å². The second-order valence-electron chi connectivity index (χ2n) is 5.99. The number of carbonyl (C=O) groups is 1. The summed E-state index contributed by atoms with van der Waals surface area (Å²) in [5.41, 5.74) is 0. The van der Waals surface area contributed by atoms with Gasteiger partial charge in [0, 0.05) is 18.2 Å². The van der Waals surface area contributed by atoms with Gasteiger partial charge in [0.2, 0.25) is 17.7 Å². The molecule has 0 bridgehead atoms. The van der Waals surface area contributed by atoms with Crippen molar-refractivity contribution >= 4 is 17.7 Å². The molecule has 23 heavy (non-hydrogen) atoms. The number of nitrogens with zero attached hydrogens (tertiary/aromatic N) is 3. The average molecular weight is 337 g/mol. The predicted octanol–water partition coefficient (Wildman–Crippen LogP) is 2.14. The molecule has 0 aromatic carbocycles. The number of likely N-dealkylation sites (tertiary alicyclic amines) is 1. The van der Waals surface area contributed by atoms with Crippen molar-refractivity contribution < 1.29 is 14.3 Å². The van der Waals surface area contributed by atoms with Gasteiger partial charge in [0.05, 0.1) is 31.8 Å². The van der Waals surface area contributed by atoms with Gasteiger partial charge in [-0.25, -0.2) is 0 Å². The molecule has 1 aliphatic carbocycles. The Hall–Kier alpha value is -1.50. The zero-order chi connectivity index (χ0) is 16.1. The number of carbonyl (C=O) groups excluding carboxylic acids is 1. The zero-order valence-electron chi connectivity index (χ0n) is 13.4. The summed E-state index contributed by atoms with van der Waals surface area (Å²) in [6.07, 6.45) is 9.08. The highest BCUT2D eigenvalue weighted by Crippen LogP contribution is 2.29. The maximum Gasteiger partial charge on any atom is 0.235 e. The van der Waals surface area contributed by atoms with Crippen LogP contribution in [-0.4, -0.2) is 58.1 Å². The Kier molecular flexibility index (Phi) is 5.59. The predicted molar refractivity (Wildman–Crippen MR) is 88.9 cm³/mol. The van der Waals surface area contributed by atoms with Crippen LogP contribution in [0.1, 0.15) is 32.1 Å². The third-order valence-electron chi connectivity index (χ3n) is 4.33. The van der Waals surface area contributed by atoms with Gasteiger partial charge in [0.15, 0.2) is 0 Å². The maximum absolute atomic E-state index is 12.3. The molecule has 7 heteroatoms. The van der Waals surface area contributed by atoms with Crippen molar-refractivity contribution in [3.05, 3.63) is 12.4 Å². The van der Waals surface area contributed by atoms with Crippen LogP contribution in [-0.2, 0) is 4.79 Å². The van der Waals surface area contributed by atoms with Crippen LogP contribution in [0.25, 0.3) is 0 Å². The lowest BCUT2D eigenvalue weighted by Crippen LogP contribution is -2.32. The first-order valence-electron chi connectivity index (χ1n) is 8.16. The second-order valence-corrected chi connectivity index (χ2v) is 7.27. The van der Waals surface area contributed by atoms with Gasteiger partial charge >= 0.3 is 0 Å². The molecule has 1 atom stereocenters. The van der Waals surface area contributed by atoms with E-state index in [1.165, 1.54) is 31.9 Å². The minimum absolute atomic E-state index is 0.0168. The number of thioether (sulfide) groups is 1. The lowest BCUT2D eigenvalue weighted by Gasteiger charge is -2.18. The van der Waals surface area contributed by atoms with E-state index in [0.29, 0.717) is 29.3 Å². The number of ether oxygens (including phenoxy) is 2. The highest BCUT2D eigenvalue weighted by molar-refractivity contribution is 8.00. The normalized spacial score (nSPS) is 21.6. The standard InChI is InChI=1S/C16H23N3O3S/c1-21-14-8-17-9-15(18-14)22-12-6-7-19(10-12)16(20)11-23-13-4-2-3-5-13/h8-9,12-13H,2-7,10-11H2,1H3. The van der Waals surface area contributed by atoms with E-state index < -0.39 is 0 Å². The van der Waals surface area contributed by atoms with E-state index in [1.54, 1.807) is 13.3 Å². The molecule has 126 valence electrons. The lowest BCUT2D eigenvalue weighted by atomic mass is 10.3. The summed E-state index contributed by atoms with van der Waals surface area (Å²) in [5, 5.41) is 0.681. The fourth-order valence-electron chi connectivity index (χ4n) is 3.04. The van der Waals surface area contributed by atoms with Crippen LogP contribution >= 0.6 is 11.8 Å². The summed E-state index contributed by atoms with van der Waals surface area (Å²) in [5.74, 6) is 1.70. The van der Waals surface area contributed by atoms with Gasteiger partial charge in [-0.3, -0.25) is 9.78 Å². The Morgan fingerprint density at radius 1 is 1.30 bits per heavy atom. The van der Waals surface area contributed by atoms with Gasteiger partial charge in [-0.2, -0.15) is 4.98 Å². The van der Waals surface area contributed by atoms with Crippen LogP contribution < -0.4 is 9.47 Å². The molecule has 1 amide bonds. The molecule has 2 heterocycles. The molecule has 0 radical (unpaired) electrons. The summed E-state index contributed by atoms with van der Waals surface area (Å²) in [4.78, 5) is 22.4. The van der Waals surface area contributed by atoms with Crippen LogP contribution in [0, 0.1) is 0 Å². The fraction of sp³-hybridized carbons (Fsp3) is 0.688. The van der Waals surface area contributed by atoms with Gasteiger partial charge in [0.25, 0.3) is 0 Å². The van der Waals surface area contributed by atoms with Gasteiger partial charge in [-0.15, -0.1) is 11.8 Å². The number of hydrogen-bond acceptors (Lipinski definition) is 6. The summed E-state index contributed by atoms with van der Waals surface area (Å²) in [6, 6.07) is 0. The van der Waals surface area contributed by atoms with Crippen molar-refractivity contribution in [2.45, 2.75) is 43.5 Å². The van der Waals surface area contributed by atoms with Gasteiger partial charge < -0.3 is 14.4 Å². The molecule has 6 nitrogen and oxygen atoms in total. The number of hydrogen-bond donors (Lipinski definition) is 0. The van der Waals surface area contributed by atoms with Crippen molar-refractivity contribution in [1.29, 1.82) is 0 Å². The van der Waals surface area contributed by atoms with Crippen LogP contribution in [0.5, 0.6) is 11.8 Å². The SMILES string of the molecule is COc1cncc(OC2CCN(C(=O)CSC3CCCC3)C2)n1. The Morgan fingerprint density at radius 2 is 2.09 bits per heavy atom. The summed E-state index contributed by atoms with van der Waals surface area (Å²) >= 11 is 1.82. The molecule has 1 aliphatic heterocycles. The van der Waals surface area contributed by atoms with E-state index in [4.69, 9.17) is 9.47 Å². The molecule has 0 N–H and O–H groups in total. The van der Waals surface area contributed by atoms with Crippen LogP contribution in [0.4, 0.5) is 0 Å². The van der Waals surface area contributed by atoms with Crippen molar-refractivity contribution in [2.75, 3.05) is 26.0 Å². The monoisotopic (exact) mass is 337 g/mol. The average Bonchev–Trinajstić information content (AvgIpc) is 3.24. The highest BCUT2D eigenvalue weighted by atomic mass is 32.2. The molecule has 1 aromatic rings. The molecule has 1 unspecified atom stereocenters. The highest BCUT2D eigenvalue weighted by Gasteiger charge is 2.28. The first-order valence-corrected chi connectivity index (χ1v) is 9.21. The first-order chi connectivity index (χ1) is 11.2. The van der Waals surface area contributed by atoms with E-state index in [1.807, 2.05) is 16.7 Å². The van der Waals surface area contributed by atoms with Crippen molar-refractivity contribution in [1.82, 2.24) is 14.9 Å². The van der Waals surface area contributed by atoms with Crippen LogP contribution in [0.2, 0.25) is 0 Å². The lowest BCUT2D eigenvalue weighted by molar-refractivity contribution is -0.127. The number of methoxy groups -OCH3 is 1. The molecule has 2 aliphatic rings. The third-order valence-corrected chi connectivity index (χ3v) is 5.69. The Bertz CT molecular complexity index is 537. The quantitative estimate of drug-likeness (QED) is 0.792. The van der Waals surface area contributed by atoms with Crippen LogP contribution in [0.15, 0.2) is 12.4 Å². The minimum atomic E-state index is -0.0168. The van der Waals surface area contributed by atoms with Gasteiger partial charge in [0.1, 0.15) is 6.10 Å². The van der Waals surface area contributed by atoms with Crippen molar-refractivity contribution in [2.24, 2.45) is 0 Å². The number of amides is 1. The molecule has 2 fully saturated rings. The zero-order valence-corrected chi connectivity index (χ0v) is 14.3. The summed E-state index contributed by atoms with van der Waals surface area (Å²) < 4.78 is 10.9. The molecule has 1 aromatic heterocycles.